The third kappa shape index (κ3) is 3.58. The number of hydrogen-bond acceptors (Lipinski definition) is 3. The maximum absolute atomic E-state index is 3.45. The molecule has 0 bridgehead atoms. The van der Waals surface area contributed by atoms with Crippen LogP contribution in [0.5, 0.6) is 0 Å². The van der Waals surface area contributed by atoms with E-state index >= 15 is 0 Å². The smallest absolute Gasteiger partial charge is 0.0367 e. The second kappa shape index (κ2) is 6.80. The summed E-state index contributed by atoms with van der Waals surface area (Å²) in [5.74, 6) is 0.762. The van der Waals surface area contributed by atoms with Crippen molar-refractivity contribution in [3.63, 3.8) is 0 Å². The molecule has 2 saturated heterocycles. The van der Waals surface area contributed by atoms with Gasteiger partial charge in [0.05, 0.1) is 0 Å². The monoisotopic (exact) mass is 287 g/mol. The summed E-state index contributed by atoms with van der Waals surface area (Å²) in [4.78, 5) is 5.10. The molecule has 3 heteroatoms. The molecule has 2 heterocycles. The molecule has 0 aromatic heterocycles. The zero-order valence-electron chi connectivity index (χ0n) is 13.5. The molecule has 21 heavy (non-hydrogen) atoms. The average molecular weight is 287 g/mol. The van der Waals surface area contributed by atoms with Gasteiger partial charge in [0.2, 0.25) is 0 Å². The molecule has 3 nitrogen and oxygen atoms in total. The molecule has 2 aliphatic rings. The number of piperidine rings is 1. The molecule has 0 spiro atoms. The molecule has 0 radical (unpaired) electrons. The van der Waals surface area contributed by atoms with E-state index in [0.29, 0.717) is 6.04 Å². The van der Waals surface area contributed by atoms with Gasteiger partial charge in [-0.05, 0) is 63.4 Å². The van der Waals surface area contributed by atoms with E-state index in [1.54, 1.807) is 0 Å². The van der Waals surface area contributed by atoms with E-state index in [2.05, 4.69) is 53.2 Å². The molecule has 1 aromatic carbocycles. The van der Waals surface area contributed by atoms with Crippen molar-refractivity contribution in [1.29, 1.82) is 0 Å². The number of anilines is 1. The maximum Gasteiger partial charge on any atom is 0.0367 e. The minimum Gasteiger partial charge on any atom is -0.369 e. The number of rotatable bonds is 3. The first-order chi connectivity index (χ1) is 10.2. The second-order valence-corrected chi connectivity index (χ2v) is 6.73. The number of piperazine rings is 1. The predicted octanol–water partition coefficient (Wildman–Crippen LogP) is 2.68. The predicted molar refractivity (Wildman–Crippen MR) is 90.2 cm³/mol. The summed E-state index contributed by atoms with van der Waals surface area (Å²) >= 11 is 0. The van der Waals surface area contributed by atoms with Gasteiger partial charge in [0.15, 0.2) is 0 Å². The Morgan fingerprint density at radius 3 is 2.14 bits per heavy atom. The van der Waals surface area contributed by atoms with Gasteiger partial charge in [-0.3, -0.25) is 4.90 Å². The molecule has 0 atom stereocenters. The summed E-state index contributed by atoms with van der Waals surface area (Å²) in [5.41, 5.74) is 2.93. The molecule has 3 rings (SSSR count). The Kier molecular flexibility index (Phi) is 4.81. The van der Waals surface area contributed by atoms with E-state index in [1.165, 1.54) is 50.3 Å². The van der Waals surface area contributed by atoms with E-state index in [1.807, 2.05) is 0 Å². The molecule has 0 saturated carbocycles. The first kappa shape index (κ1) is 14.9. The normalized spacial score (nSPS) is 22.0. The van der Waals surface area contributed by atoms with Crippen LogP contribution in [-0.4, -0.2) is 50.2 Å². The van der Waals surface area contributed by atoms with Crippen LogP contribution in [0.2, 0.25) is 0 Å². The quantitative estimate of drug-likeness (QED) is 0.922. The van der Waals surface area contributed by atoms with Gasteiger partial charge in [-0.25, -0.2) is 0 Å². The molecule has 0 amide bonds. The van der Waals surface area contributed by atoms with E-state index in [4.69, 9.17) is 0 Å². The Morgan fingerprint density at radius 1 is 0.952 bits per heavy atom. The highest BCUT2D eigenvalue weighted by Crippen LogP contribution is 2.27. The van der Waals surface area contributed by atoms with Crippen LogP contribution in [0.25, 0.3) is 0 Å². The summed E-state index contributed by atoms with van der Waals surface area (Å²) < 4.78 is 0. The zero-order chi connectivity index (χ0) is 14.7. The number of benzene rings is 1. The number of hydrogen-bond donors (Lipinski definition) is 1. The number of nitrogens with one attached hydrogen (secondary N) is 1. The highest BCUT2D eigenvalue weighted by Gasteiger charge is 2.19. The van der Waals surface area contributed by atoms with Gasteiger partial charge >= 0.3 is 0 Å². The van der Waals surface area contributed by atoms with Crippen LogP contribution in [-0.2, 0) is 0 Å². The fourth-order valence-corrected chi connectivity index (χ4v) is 3.61. The van der Waals surface area contributed by atoms with Gasteiger partial charge in [0.25, 0.3) is 0 Å². The molecule has 0 aliphatic carbocycles. The summed E-state index contributed by atoms with van der Waals surface area (Å²) in [7, 11) is 0. The fourth-order valence-electron chi connectivity index (χ4n) is 3.61. The highest BCUT2D eigenvalue weighted by atomic mass is 15.3. The van der Waals surface area contributed by atoms with Crippen molar-refractivity contribution in [2.75, 3.05) is 44.2 Å². The second-order valence-electron chi connectivity index (χ2n) is 6.73. The minimum atomic E-state index is 0.675. The lowest BCUT2D eigenvalue weighted by Gasteiger charge is -2.38. The zero-order valence-corrected chi connectivity index (χ0v) is 13.5. The Bertz CT molecular complexity index is 426. The molecule has 2 aliphatic heterocycles. The van der Waals surface area contributed by atoms with Crippen LogP contribution in [0.4, 0.5) is 5.69 Å². The van der Waals surface area contributed by atoms with E-state index in [0.717, 1.165) is 19.0 Å². The van der Waals surface area contributed by atoms with Gasteiger partial charge in [0.1, 0.15) is 0 Å². The Labute approximate surface area is 129 Å². The van der Waals surface area contributed by atoms with Crippen LogP contribution in [0, 0.1) is 0 Å². The van der Waals surface area contributed by atoms with Gasteiger partial charge in [-0.15, -0.1) is 0 Å². The Morgan fingerprint density at radius 2 is 1.57 bits per heavy atom. The van der Waals surface area contributed by atoms with Crippen LogP contribution < -0.4 is 10.2 Å². The Balaban J connectivity index is 1.59. The van der Waals surface area contributed by atoms with Gasteiger partial charge in [-0.1, -0.05) is 12.1 Å². The van der Waals surface area contributed by atoms with Crippen LogP contribution >= 0.6 is 0 Å². The summed E-state index contributed by atoms with van der Waals surface area (Å²) in [5, 5.41) is 3.45. The van der Waals surface area contributed by atoms with Crippen molar-refractivity contribution in [1.82, 2.24) is 10.2 Å². The van der Waals surface area contributed by atoms with Crippen LogP contribution in [0.15, 0.2) is 24.3 Å². The van der Waals surface area contributed by atoms with Crippen LogP contribution in [0.1, 0.15) is 38.2 Å². The minimum absolute atomic E-state index is 0.675. The standard InChI is InChI=1S/C18H29N3/c1-15(2)20-11-13-21(14-12-20)18-5-3-16(4-6-18)17-7-9-19-10-8-17/h3-6,15,17,19H,7-14H2,1-2H3. The van der Waals surface area contributed by atoms with Gasteiger partial charge in [-0.2, -0.15) is 0 Å². The lowest BCUT2D eigenvalue weighted by molar-refractivity contribution is 0.209. The van der Waals surface area contributed by atoms with Crippen molar-refractivity contribution >= 4 is 5.69 Å². The van der Waals surface area contributed by atoms with Crippen molar-refractivity contribution in [3.05, 3.63) is 29.8 Å². The van der Waals surface area contributed by atoms with Crippen molar-refractivity contribution in [3.8, 4) is 0 Å². The molecular weight excluding hydrogens is 258 g/mol. The third-order valence-corrected chi connectivity index (χ3v) is 5.11. The first-order valence-electron chi connectivity index (χ1n) is 8.54. The average Bonchev–Trinajstić information content (AvgIpc) is 2.56. The lowest BCUT2D eigenvalue weighted by Crippen LogP contribution is -2.48. The topological polar surface area (TPSA) is 18.5 Å². The van der Waals surface area contributed by atoms with E-state index in [-0.39, 0.29) is 0 Å². The van der Waals surface area contributed by atoms with Crippen molar-refractivity contribution in [2.24, 2.45) is 0 Å². The van der Waals surface area contributed by atoms with Crippen LogP contribution in [0.3, 0.4) is 0 Å². The first-order valence-corrected chi connectivity index (χ1v) is 8.54. The van der Waals surface area contributed by atoms with E-state index < -0.39 is 0 Å². The lowest BCUT2D eigenvalue weighted by atomic mass is 9.90. The SMILES string of the molecule is CC(C)N1CCN(c2ccc(C3CCNCC3)cc2)CC1. The molecular formula is C18H29N3. The van der Waals surface area contributed by atoms with Gasteiger partial charge < -0.3 is 10.2 Å². The largest absolute Gasteiger partial charge is 0.369 e. The molecule has 1 N–H and O–H groups in total. The van der Waals surface area contributed by atoms with Gasteiger partial charge in [0, 0.05) is 37.9 Å². The molecule has 116 valence electrons. The summed E-state index contributed by atoms with van der Waals surface area (Å²) in [6.07, 6.45) is 2.57. The fraction of sp³-hybridized carbons (Fsp3) is 0.667. The van der Waals surface area contributed by atoms with Crippen molar-refractivity contribution in [2.45, 2.75) is 38.6 Å². The summed E-state index contributed by atoms with van der Waals surface area (Å²) in [6, 6.07) is 10.1. The third-order valence-electron chi connectivity index (χ3n) is 5.11. The maximum atomic E-state index is 3.45. The molecule has 1 aromatic rings. The highest BCUT2D eigenvalue weighted by molar-refractivity contribution is 5.48. The molecule has 2 fully saturated rings. The molecule has 0 unspecified atom stereocenters. The Hall–Kier alpha value is -1.06. The van der Waals surface area contributed by atoms with Crippen molar-refractivity contribution < 1.29 is 0 Å². The van der Waals surface area contributed by atoms with E-state index in [9.17, 15) is 0 Å². The number of nitrogens with zero attached hydrogens (tertiary/aromatic N) is 2. The summed E-state index contributed by atoms with van der Waals surface area (Å²) in [6.45, 7) is 11.6.